The summed E-state index contributed by atoms with van der Waals surface area (Å²) in [6.45, 7) is 5.78. The lowest BCUT2D eigenvalue weighted by atomic mass is 10.2. The number of amides is 1. The number of nitriles is 1. The quantitative estimate of drug-likeness (QED) is 0.767. The number of nitrogens with zero attached hydrogens (tertiary/aromatic N) is 2. The van der Waals surface area contributed by atoms with E-state index in [2.05, 4.69) is 24.1 Å². The van der Waals surface area contributed by atoms with Crippen LogP contribution in [-0.2, 0) is 4.79 Å². The molecule has 0 saturated carbocycles. The largest absolute Gasteiger partial charge is 0.396 e. The Morgan fingerprint density at radius 2 is 2.00 bits per heavy atom. The maximum Gasteiger partial charge on any atom is 0.225 e. The lowest BCUT2D eigenvalue weighted by Crippen LogP contribution is -2.35. The number of rotatable bonds is 8. The van der Waals surface area contributed by atoms with Crippen LogP contribution in [0.1, 0.15) is 32.3 Å². The number of carbonyl (C=O) groups excluding carboxylic acids is 1. The fraction of sp³-hybridized carbons (Fsp3) is 0.500. The van der Waals surface area contributed by atoms with Gasteiger partial charge in [-0.15, -0.1) is 0 Å². The Morgan fingerprint density at radius 1 is 1.33 bits per heavy atom. The highest BCUT2D eigenvalue weighted by molar-refractivity contribution is 5.90. The van der Waals surface area contributed by atoms with Crippen molar-refractivity contribution in [3.8, 4) is 6.07 Å². The van der Waals surface area contributed by atoms with Gasteiger partial charge in [0.15, 0.2) is 0 Å². The Hall–Kier alpha value is -1.90. The van der Waals surface area contributed by atoms with Gasteiger partial charge in [0.25, 0.3) is 0 Å². The normalized spacial score (nSPS) is 10.7. The molecular weight excluding hydrogens is 266 g/mol. The van der Waals surface area contributed by atoms with Crippen molar-refractivity contribution < 1.29 is 9.90 Å². The summed E-state index contributed by atoms with van der Waals surface area (Å²) in [4.78, 5) is 14.1. The smallest absolute Gasteiger partial charge is 0.225 e. The molecule has 0 heterocycles. The standard InChI is InChI=1S/C16H23N3O2/c1-13(2)19(9-3-11-20)10-8-16(21)18-15-6-4-14(12-17)5-7-15/h4-7,13,20H,3,8-11H2,1-2H3,(H,18,21). The third-order valence-electron chi connectivity index (χ3n) is 3.26. The summed E-state index contributed by atoms with van der Waals surface area (Å²) < 4.78 is 0. The topological polar surface area (TPSA) is 76.4 Å². The SMILES string of the molecule is CC(C)N(CCCO)CCC(=O)Nc1ccc(C#N)cc1. The van der Waals surface area contributed by atoms with Crippen LogP contribution in [0.15, 0.2) is 24.3 Å². The maximum absolute atomic E-state index is 11.9. The van der Waals surface area contributed by atoms with E-state index in [4.69, 9.17) is 10.4 Å². The second-order valence-electron chi connectivity index (χ2n) is 5.19. The second kappa shape index (κ2) is 9.11. The summed E-state index contributed by atoms with van der Waals surface area (Å²) in [7, 11) is 0. The zero-order chi connectivity index (χ0) is 15.7. The first-order valence-electron chi connectivity index (χ1n) is 7.21. The van der Waals surface area contributed by atoms with Gasteiger partial charge in [-0.2, -0.15) is 5.26 Å². The van der Waals surface area contributed by atoms with Gasteiger partial charge >= 0.3 is 0 Å². The number of aliphatic hydroxyl groups excluding tert-OH is 1. The number of nitrogens with one attached hydrogen (secondary N) is 1. The predicted molar refractivity (Wildman–Crippen MR) is 82.8 cm³/mol. The number of hydrogen-bond acceptors (Lipinski definition) is 4. The molecule has 0 unspecified atom stereocenters. The Morgan fingerprint density at radius 3 is 2.52 bits per heavy atom. The molecule has 0 aliphatic heterocycles. The van der Waals surface area contributed by atoms with Gasteiger partial charge in [-0.25, -0.2) is 0 Å². The van der Waals surface area contributed by atoms with Crippen molar-refractivity contribution in [1.82, 2.24) is 4.90 Å². The van der Waals surface area contributed by atoms with Crippen LogP contribution in [0, 0.1) is 11.3 Å². The zero-order valence-corrected chi connectivity index (χ0v) is 12.7. The minimum Gasteiger partial charge on any atom is -0.396 e. The molecule has 0 atom stereocenters. The van der Waals surface area contributed by atoms with Gasteiger partial charge in [0.2, 0.25) is 5.91 Å². The first-order valence-corrected chi connectivity index (χ1v) is 7.21. The number of carbonyl (C=O) groups is 1. The van der Waals surface area contributed by atoms with E-state index >= 15 is 0 Å². The van der Waals surface area contributed by atoms with E-state index < -0.39 is 0 Å². The maximum atomic E-state index is 11.9. The van der Waals surface area contributed by atoms with E-state index in [9.17, 15) is 4.79 Å². The van der Waals surface area contributed by atoms with Crippen molar-refractivity contribution in [3.63, 3.8) is 0 Å². The molecule has 1 rings (SSSR count). The third kappa shape index (κ3) is 6.39. The molecule has 114 valence electrons. The molecule has 0 saturated heterocycles. The average Bonchev–Trinajstić information content (AvgIpc) is 2.47. The second-order valence-corrected chi connectivity index (χ2v) is 5.19. The minimum absolute atomic E-state index is 0.0469. The van der Waals surface area contributed by atoms with E-state index in [0.29, 0.717) is 30.3 Å². The first-order chi connectivity index (χ1) is 10.1. The highest BCUT2D eigenvalue weighted by Gasteiger charge is 2.11. The Balaban J connectivity index is 2.43. The molecule has 5 heteroatoms. The Kier molecular flexibility index (Phi) is 7.44. The predicted octanol–water partition coefficient (Wildman–Crippen LogP) is 1.98. The summed E-state index contributed by atoms with van der Waals surface area (Å²) in [6, 6.07) is 9.19. The van der Waals surface area contributed by atoms with Gasteiger partial charge in [-0.1, -0.05) is 0 Å². The van der Waals surface area contributed by atoms with Crippen molar-refractivity contribution in [3.05, 3.63) is 29.8 Å². The van der Waals surface area contributed by atoms with Crippen LogP contribution < -0.4 is 5.32 Å². The van der Waals surface area contributed by atoms with Gasteiger partial charge in [0.1, 0.15) is 0 Å². The molecule has 0 radical (unpaired) electrons. The number of benzene rings is 1. The molecule has 0 spiro atoms. The van der Waals surface area contributed by atoms with Crippen molar-refractivity contribution in [2.24, 2.45) is 0 Å². The highest BCUT2D eigenvalue weighted by Crippen LogP contribution is 2.09. The van der Waals surface area contributed by atoms with E-state index in [1.165, 1.54) is 0 Å². The molecule has 0 aliphatic carbocycles. The molecule has 1 amide bonds. The summed E-state index contributed by atoms with van der Waals surface area (Å²) in [5, 5.41) is 20.4. The molecule has 0 bridgehead atoms. The van der Waals surface area contributed by atoms with Crippen molar-refractivity contribution in [2.75, 3.05) is 25.0 Å². The van der Waals surface area contributed by atoms with Gasteiger partial charge in [0.05, 0.1) is 11.6 Å². The number of hydrogen-bond donors (Lipinski definition) is 2. The van der Waals surface area contributed by atoms with Crippen LogP contribution in [0.3, 0.4) is 0 Å². The van der Waals surface area contributed by atoms with Crippen molar-refractivity contribution >= 4 is 11.6 Å². The van der Waals surface area contributed by atoms with E-state index in [-0.39, 0.29) is 12.5 Å². The van der Waals surface area contributed by atoms with Crippen LogP contribution in [0.4, 0.5) is 5.69 Å². The summed E-state index contributed by atoms with van der Waals surface area (Å²) in [5.41, 5.74) is 1.27. The monoisotopic (exact) mass is 289 g/mol. The average molecular weight is 289 g/mol. The van der Waals surface area contributed by atoms with Crippen molar-refractivity contribution in [1.29, 1.82) is 5.26 Å². The fourth-order valence-corrected chi connectivity index (χ4v) is 2.00. The van der Waals surface area contributed by atoms with Crippen LogP contribution in [0.2, 0.25) is 0 Å². The fourth-order valence-electron chi connectivity index (χ4n) is 2.00. The van der Waals surface area contributed by atoms with Crippen LogP contribution in [0.25, 0.3) is 0 Å². The Labute approximate surface area is 126 Å². The number of anilines is 1. The van der Waals surface area contributed by atoms with E-state index in [0.717, 1.165) is 13.0 Å². The van der Waals surface area contributed by atoms with Crippen LogP contribution in [0.5, 0.6) is 0 Å². The summed E-state index contributed by atoms with van der Waals surface area (Å²) in [6.07, 6.45) is 1.12. The molecule has 5 nitrogen and oxygen atoms in total. The summed E-state index contributed by atoms with van der Waals surface area (Å²) >= 11 is 0. The van der Waals surface area contributed by atoms with Gasteiger partial charge in [-0.3, -0.25) is 4.79 Å². The van der Waals surface area contributed by atoms with Gasteiger partial charge in [-0.05, 0) is 44.5 Å². The van der Waals surface area contributed by atoms with Gasteiger partial charge in [0, 0.05) is 37.8 Å². The van der Waals surface area contributed by atoms with Gasteiger partial charge < -0.3 is 15.3 Å². The molecule has 2 N–H and O–H groups in total. The van der Waals surface area contributed by atoms with E-state index in [1.807, 2.05) is 6.07 Å². The minimum atomic E-state index is -0.0469. The molecule has 0 aliphatic rings. The highest BCUT2D eigenvalue weighted by atomic mass is 16.3. The lowest BCUT2D eigenvalue weighted by molar-refractivity contribution is -0.116. The molecule has 0 aromatic heterocycles. The Bertz CT molecular complexity index is 477. The third-order valence-corrected chi connectivity index (χ3v) is 3.26. The van der Waals surface area contributed by atoms with Crippen LogP contribution >= 0.6 is 0 Å². The molecule has 1 aromatic carbocycles. The zero-order valence-electron chi connectivity index (χ0n) is 12.7. The summed E-state index contributed by atoms with van der Waals surface area (Å²) in [5.74, 6) is -0.0469. The first kappa shape index (κ1) is 17.2. The van der Waals surface area contributed by atoms with E-state index in [1.54, 1.807) is 24.3 Å². The molecule has 21 heavy (non-hydrogen) atoms. The van der Waals surface area contributed by atoms with Crippen LogP contribution in [-0.4, -0.2) is 41.7 Å². The number of aliphatic hydroxyl groups is 1. The van der Waals surface area contributed by atoms with Crippen molar-refractivity contribution in [2.45, 2.75) is 32.7 Å². The molecule has 0 fully saturated rings. The molecule has 1 aromatic rings. The lowest BCUT2D eigenvalue weighted by Gasteiger charge is -2.25. The molecular formula is C16H23N3O2.